The molecule has 0 aliphatic rings. The highest BCUT2D eigenvalue weighted by Crippen LogP contribution is 2.19. The second-order valence-corrected chi connectivity index (χ2v) is 4.35. The van der Waals surface area contributed by atoms with Crippen molar-refractivity contribution < 1.29 is 9.72 Å². The van der Waals surface area contributed by atoms with E-state index in [1.807, 2.05) is 0 Å². The van der Waals surface area contributed by atoms with Crippen LogP contribution in [0.15, 0.2) is 41.2 Å². The third kappa shape index (κ3) is 3.30. The largest absolute Gasteiger partial charge is 0.336 e. The Morgan fingerprint density at radius 3 is 2.67 bits per heavy atom. The fourth-order valence-corrected chi connectivity index (χ4v) is 1.81. The van der Waals surface area contributed by atoms with Crippen molar-refractivity contribution in [2.75, 3.05) is 7.05 Å². The van der Waals surface area contributed by atoms with Crippen LogP contribution in [0, 0.1) is 10.1 Å². The summed E-state index contributed by atoms with van der Waals surface area (Å²) in [6.07, 6.45) is 0. The summed E-state index contributed by atoms with van der Waals surface area (Å²) in [7, 11) is 1.51. The van der Waals surface area contributed by atoms with Gasteiger partial charge < -0.3 is 4.90 Å². The Hall–Kier alpha value is -3.03. The molecule has 108 valence electrons. The number of amides is 1. The maximum atomic E-state index is 12.1. The summed E-state index contributed by atoms with van der Waals surface area (Å²) >= 11 is 0. The number of nitro benzene ring substituents is 1. The Bertz CT molecular complexity index is 720. The fourth-order valence-electron chi connectivity index (χ4n) is 1.81. The average Bonchev–Trinajstić information content (AvgIpc) is 2.47. The van der Waals surface area contributed by atoms with Gasteiger partial charge in [-0.05, 0) is 6.07 Å². The van der Waals surface area contributed by atoms with Crippen LogP contribution < -0.4 is 5.56 Å². The molecule has 8 nitrogen and oxygen atoms in total. The van der Waals surface area contributed by atoms with Gasteiger partial charge in [0, 0.05) is 24.7 Å². The Labute approximate surface area is 119 Å². The van der Waals surface area contributed by atoms with E-state index in [4.69, 9.17) is 0 Å². The van der Waals surface area contributed by atoms with E-state index in [0.717, 1.165) is 0 Å². The van der Waals surface area contributed by atoms with Crippen molar-refractivity contribution in [1.29, 1.82) is 0 Å². The number of carbonyl (C=O) groups is 1. The molecule has 0 saturated heterocycles. The van der Waals surface area contributed by atoms with Gasteiger partial charge in [0.1, 0.15) is 5.69 Å². The van der Waals surface area contributed by atoms with Crippen LogP contribution in [0.25, 0.3) is 0 Å². The highest BCUT2D eigenvalue weighted by atomic mass is 16.6. The van der Waals surface area contributed by atoms with E-state index in [-0.39, 0.29) is 17.9 Å². The molecule has 0 aliphatic carbocycles. The SMILES string of the molecule is CN(Cc1ccccc1[N+](=O)[O-])C(=O)c1ccc(=O)[nH]n1. The lowest BCUT2D eigenvalue weighted by Crippen LogP contribution is -2.28. The van der Waals surface area contributed by atoms with Gasteiger partial charge in [0.05, 0.1) is 11.5 Å². The molecule has 0 unspecified atom stereocenters. The number of hydrogen-bond donors (Lipinski definition) is 1. The monoisotopic (exact) mass is 288 g/mol. The zero-order valence-corrected chi connectivity index (χ0v) is 11.1. The lowest BCUT2D eigenvalue weighted by molar-refractivity contribution is -0.385. The van der Waals surface area contributed by atoms with Crippen LogP contribution >= 0.6 is 0 Å². The van der Waals surface area contributed by atoms with Crippen molar-refractivity contribution in [1.82, 2.24) is 15.1 Å². The Kier molecular flexibility index (Phi) is 4.07. The molecule has 1 N–H and O–H groups in total. The first-order valence-corrected chi connectivity index (χ1v) is 6.02. The molecule has 0 atom stereocenters. The van der Waals surface area contributed by atoms with E-state index in [9.17, 15) is 19.7 Å². The summed E-state index contributed by atoms with van der Waals surface area (Å²) in [5.41, 5.74) is 0.0259. The molecule has 0 bridgehead atoms. The molecule has 2 rings (SSSR count). The third-order valence-electron chi connectivity index (χ3n) is 2.84. The van der Waals surface area contributed by atoms with Crippen molar-refractivity contribution in [3.63, 3.8) is 0 Å². The van der Waals surface area contributed by atoms with Crippen molar-refractivity contribution in [2.24, 2.45) is 0 Å². The number of hydrogen-bond acceptors (Lipinski definition) is 5. The summed E-state index contributed by atoms with van der Waals surface area (Å²) < 4.78 is 0. The molecular formula is C13H12N4O4. The minimum atomic E-state index is -0.494. The average molecular weight is 288 g/mol. The number of carbonyl (C=O) groups excluding carboxylic acids is 1. The van der Waals surface area contributed by atoms with E-state index in [0.29, 0.717) is 5.56 Å². The van der Waals surface area contributed by atoms with Gasteiger partial charge >= 0.3 is 0 Å². The van der Waals surface area contributed by atoms with Crippen molar-refractivity contribution in [2.45, 2.75) is 6.54 Å². The van der Waals surface area contributed by atoms with Gasteiger partial charge in [0.2, 0.25) is 0 Å². The number of nitrogens with one attached hydrogen (secondary N) is 1. The molecule has 1 amide bonds. The number of rotatable bonds is 4. The highest BCUT2D eigenvalue weighted by molar-refractivity contribution is 5.91. The van der Waals surface area contributed by atoms with Crippen LogP contribution in [0.5, 0.6) is 0 Å². The first-order chi connectivity index (χ1) is 9.99. The number of aromatic nitrogens is 2. The molecule has 0 aliphatic heterocycles. The molecule has 1 heterocycles. The zero-order chi connectivity index (χ0) is 15.4. The third-order valence-corrected chi connectivity index (χ3v) is 2.84. The summed E-state index contributed by atoms with van der Waals surface area (Å²) in [4.78, 5) is 34.8. The second-order valence-electron chi connectivity index (χ2n) is 4.35. The summed E-state index contributed by atoms with van der Waals surface area (Å²) in [6.45, 7) is 0.0663. The van der Waals surface area contributed by atoms with Crippen LogP contribution in [0.4, 0.5) is 5.69 Å². The van der Waals surface area contributed by atoms with Gasteiger partial charge in [0.25, 0.3) is 17.2 Å². The second kappa shape index (κ2) is 5.95. The smallest absolute Gasteiger partial charge is 0.274 e. The van der Waals surface area contributed by atoms with Crippen molar-refractivity contribution in [3.05, 3.63) is 68.1 Å². The summed E-state index contributed by atoms with van der Waals surface area (Å²) in [5.74, 6) is -0.440. The first-order valence-electron chi connectivity index (χ1n) is 6.02. The van der Waals surface area contributed by atoms with Crippen LogP contribution in [-0.4, -0.2) is 33.0 Å². The number of aromatic amines is 1. The molecule has 0 saturated carbocycles. The topological polar surface area (TPSA) is 109 Å². The maximum absolute atomic E-state index is 12.1. The Balaban J connectivity index is 2.20. The van der Waals surface area contributed by atoms with Gasteiger partial charge in [-0.25, -0.2) is 5.10 Å². The van der Waals surface area contributed by atoms with Crippen LogP contribution in [0.2, 0.25) is 0 Å². The van der Waals surface area contributed by atoms with Crippen molar-refractivity contribution >= 4 is 11.6 Å². The predicted molar refractivity (Wildman–Crippen MR) is 73.8 cm³/mol. The Morgan fingerprint density at radius 1 is 1.33 bits per heavy atom. The number of nitro groups is 1. The minimum Gasteiger partial charge on any atom is -0.336 e. The zero-order valence-electron chi connectivity index (χ0n) is 11.1. The number of H-pyrrole nitrogens is 1. The maximum Gasteiger partial charge on any atom is 0.274 e. The van der Waals surface area contributed by atoms with E-state index in [2.05, 4.69) is 10.2 Å². The molecule has 21 heavy (non-hydrogen) atoms. The number of nitrogens with zero attached hydrogens (tertiary/aromatic N) is 3. The lowest BCUT2D eigenvalue weighted by atomic mass is 10.1. The normalized spacial score (nSPS) is 10.1. The van der Waals surface area contributed by atoms with Gasteiger partial charge in [0.15, 0.2) is 0 Å². The summed E-state index contributed by atoms with van der Waals surface area (Å²) in [6, 6.07) is 8.69. The minimum absolute atomic E-state index is 0.0495. The molecule has 0 radical (unpaired) electrons. The van der Waals surface area contributed by atoms with E-state index >= 15 is 0 Å². The quantitative estimate of drug-likeness (QED) is 0.665. The summed E-state index contributed by atoms with van der Waals surface area (Å²) in [5, 5.41) is 16.7. The lowest BCUT2D eigenvalue weighted by Gasteiger charge is -2.16. The molecule has 0 fully saturated rings. The predicted octanol–water partition coefficient (Wildman–Crippen LogP) is 0.950. The van der Waals surface area contributed by atoms with Crippen LogP contribution in [0.1, 0.15) is 16.1 Å². The van der Waals surface area contributed by atoms with Gasteiger partial charge in [-0.2, -0.15) is 5.10 Å². The standard InChI is InChI=1S/C13H12N4O4/c1-16(13(19)10-6-7-12(18)15-14-10)8-9-4-2-3-5-11(9)17(20)21/h2-7H,8H2,1H3,(H,15,18). The van der Waals surface area contributed by atoms with Gasteiger partial charge in [-0.3, -0.25) is 19.7 Å². The molecule has 2 aromatic rings. The van der Waals surface area contributed by atoms with Crippen LogP contribution in [-0.2, 0) is 6.54 Å². The molecular weight excluding hydrogens is 276 g/mol. The molecule has 0 spiro atoms. The van der Waals surface area contributed by atoms with Crippen LogP contribution in [0.3, 0.4) is 0 Å². The van der Waals surface area contributed by atoms with Gasteiger partial charge in [-0.1, -0.05) is 18.2 Å². The van der Waals surface area contributed by atoms with E-state index < -0.39 is 16.4 Å². The van der Waals surface area contributed by atoms with Gasteiger partial charge in [-0.15, -0.1) is 0 Å². The van der Waals surface area contributed by atoms with E-state index in [1.54, 1.807) is 18.2 Å². The molecule has 1 aromatic heterocycles. The van der Waals surface area contributed by atoms with Crippen molar-refractivity contribution in [3.8, 4) is 0 Å². The fraction of sp³-hybridized carbons (Fsp3) is 0.154. The number of benzene rings is 1. The Morgan fingerprint density at radius 2 is 2.05 bits per heavy atom. The first kappa shape index (κ1) is 14.4. The van der Waals surface area contributed by atoms with E-state index in [1.165, 1.54) is 30.1 Å². The molecule has 8 heteroatoms. The number of para-hydroxylation sites is 1. The highest BCUT2D eigenvalue weighted by Gasteiger charge is 2.18. The molecule has 1 aromatic carbocycles.